The molecular formula is C14H18ClN3O2. The smallest absolute Gasteiger partial charge is 0.254 e. The Hall–Kier alpha value is -1.43. The van der Waals surface area contributed by atoms with Crippen LogP contribution in [0.1, 0.15) is 12.5 Å². The van der Waals surface area contributed by atoms with Gasteiger partial charge in [-0.1, -0.05) is 23.7 Å². The van der Waals surface area contributed by atoms with E-state index in [0.717, 1.165) is 24.4 Å². The number of hydrazone groups is 1. The van der Waals surface area contributed by atoms with Crippen molar-refractivity contribution in [2.75, 3.05) is 32.8 Å². The zero-order valence-corrected chi connectivity index (χ0v) is 12.2. The van der Waals surface area contributed by atoms with E-state index in [9.17, 15) is 4.79 Å². The molecule has 0 unspecified atom stereocenters. The number of carbonyl (C=O) groups excluding carboxylic acids is 1. The topological polar surface area (TPSA) is 53.9 Å². The van der Waals surface area contributed by atoms with Crippen molar-refractivity contribution in [2.45, 2.75) is 6.92 Å². The van der Waals surface area contributed by atoms with Gasteiger partial charge in [-0.05, 0) is 24.6 Å². The van der Waals surface area contributed by atoms with Gasteiger partial charge >= 0.3 is 0 Å². The van der Waals surface area contributed by atoms with Crippen molar-refractivity contribution in [1.29, 1.82) is 0 Å². The summed E-state index contributed by atoms with van der Waals surface area (Å²) in [7, 11) is 0. The molecular weight excluding hydrogens is 278 g/mol. The first-order chi connectivity index (χ1) is 9.65. The molecule has 1 heterocycles. The Morgan fingerprint density at radius 3 is 2.65 bits per heavy atom. The van der Waals surface area contributed by atoms with Crippen molar-refractivity contribution in [3.8, 4) is 0 Å². The molecule has 1 N–H and O–H groups in total. The maximum absolute atomic E-state index is 11.8. The molecule has 6 heteroatoms. The Bertz CT molecular complexity index is 482. The molecule has 0 radical (unpaired) electrons. The predicted molar refractivity (Wildman–Crippen MR) is 79.1 cm³/mol. The van der Waals surface area contributed by atoms with E-state index in [1.165, 1.54) is 0 Å². The van der Waals surface area contributed by atoms with Gasteiger partial charge in [0.25, 0.3) is 5.91 Å². The molecule has 1 fully saturated rings. The van der Waals surface area contributed by atoms with Gasteiger partial charge in [0.15, 0.2) is 0 Å². The summed E-state index contributed by atoms with van der Waals surface area (Å²) >= 11 is 5.83. The van der Waals surface area contributed by atoms with Gasteiger partial charge < -0.3 is 4.74 Å². The standard InChI is InChI=1S/C14H18ClN3O2/c1-11(12-2-4-13(15)5-3-12)16-17-14(19)10-18-6-8-20-9-7-18/h2-5H,6-10H2,1H3,(H,17,19)/b16-11-. The average molecular weight is 296 g/mol. The molecule has 108 valence electrons. The summed E-state index contributed by atoms with van der Waals surface area (Å²) in [6, 6.07) is 7.33. The number of hydrogen-bond acceptors (Lipinski definition) is 4. The molecule has 20 heavy (non-hydrogen) atoms. The third-order valence-corrected chi connectivity index (χ3v) is 3.33. The van der Waals surface area contributed by atoms with E-state index in [1.807, 2.05) is 24.0 Å². The van der Waals surface area contributed by atoms with Gasteiger partial charge in [-0.3, -0.25) is 9.69 Å². The van der Waals surface area contributed by atoms with Crippen LogP contribution in [0.5, 0.6) is 0 Å². The lowest BCUT2D eigenvalue weighted by atomic mass is 10.1. The van der Waals surface area contributed by atoms with Gasteiger partial charge in [0.05, 0.1) is 25.5 Å². The Kier molecular flexibility index (Phi) is 5.52. The summed E-state index contributed by atoms with van der Waals surface area (Å²) < 4.78 is 5.24. The summed E-state index contributed by atoms with van der Waals surface area (Å²) in [5.74, 6) is -0.111. The molecule has 0 saturated carbocycles. The first-order valence-corrected chi connectivity index (χ1v) is 6.92. The molecule has 0 spiro atoms. The van der Waals surface area contributed by atoms with Crippen LogP contribution in [0.3, 0.4) is 0 Å². The molecule has 1 aromatic rings. The van der Waals surface area contributed by atoms with Crippen LogP contribution in [0.4, 0.5) is 0 Å². The largest absolute Gasteiger partial charge is 0.379 e. The maximum Gasteiger partial charge on any atom is 0.254 e. The summed E-state index contributed by atoms with van der Waals surface area (Å²) in [5, 5.41) is 4.78. The van der Waals surface area contributed by atoms with E-state index in [4.69, 9.17) is 16.3 Å². The van der Waals surface area contributed by atoms with Crippen molar-refractivity contribution in [1.82, 2.24) is 10.3 Å². The number of hydrogen-bond donors (Lipinski definition) is 1. The van der Waals surface area contributed by atoms with Crippen LogP contribution in [0.2, 0.25) is 5.02 Å². The highest BCUT2D eigenvalue weighted by Gasteiger charge is 2.13. The van der Waals surface area contributed by atoms with Crippen molar-refractivity contribution >= 4 is 23.2 Å². The third kappa shape index (κ3) is 4.59. The molecule has 0 aromatic heterocycles. The van der Waals surface area contributed by atoms with Crippen LogP contribution < -0.4 is 5.43 Å². The number of halogens is 1. The number of morpholine rings is 1. The highest BCUT2D eigenvalue weighted by atomic mass is 35.5. The number of nitrogens with one attached hydrogen (secondary N) is 1. The summed E-state index contributed by atoms with van der Waals surface area (Å²) in [5.41, 5.74) is 4.26. The van der Waals surface area contributed by atoms with Crippen LogP contribution in [-0.4, -0.2) is 49.4 Å². The molecule has 5 nitrogen and oxygen atoms in total. The lowest BCUT2D eigenvalue weighted by molar-refractivity contribution is -0.123. The quantitative estimate of drug-likeness (QED) is 0.677. The Labute approximate surface area is 123 Å². The van der Waals surface area contributed by atoms with Crippen LogP contribution in [0.15, 0.2) is 29.4 Å². The van der Waals surface area contributed by atoms with Crippen LogP contribution >= 0.6 is 11.6 Å². The zero-order chi connectivity index (χ0) is 14.4. The highest BCUT2D eigenvalue weighted by molar-refractivity contribution is 6.30. The van der Waals surface area contributed by atoms with Gasteiger partial charge in [-0.25, -0.2) is 5.43 Å². The second kappa shape index (κ2) is 7.38. The van der Waals surface area contributed by atoms with Crippen LogP contribution in [-0.2, 0) is 9.53 Å². The summed E-state index contributed by atoms with van der Waals surface area (Å²) in [6.45, 7) is 5.13. The molecule has 1 aliphatic heterocycles. The fourth-order valence-corrected chi connectivity index (χ4v) is 2.03. The Balaban J connectivity index is 1.84. The summed E-state index contributed by atoms with van der Waals surface area (Å²) in [6.07, 6.45) is 0. The number of carbonyl (C=O) groups is 1. The van der Waals surface area contributed by atoms with Crippen molar-refractivity contribution < 1.29 is 9.53 Å². The fourth-order valence-electron chi connectivity index (χ4n) is 1.90. The van der Waals surface area contributed by atoms with E-state index in [2.05, 4.69) is 10.5 Å². The van der Waals surface area contributed by atoms with Gasteiger partial charge in [-0.2, -0.15) is 5.10 Å². The Morgan fingerprint density at radius 1 is 1.35 bits per heavy atom. The normalized spacial score (nSPS) is 17.0. The van der Waals surface area contributed by atoms with Gasteiger partial charge in [-0.15, -0.1) is 0 Å². The van der Waals surface area contributed by atoms with Crippen LogP contribution in [0, 0.1) is 0 Å². The van der Waals surface area contributed by atoms with Crippen LogP contribution in [0.25, 0.3) is 0 Å². The lowest BCUT2D eigenvalue weighted by Gasteiger charge is -2.25. The van der Waals surface area contributed by atoms with E-state index in [-0.39, 0.29) is 5.91 Å². The number of benzene rings is 1. The predicted octanol–water partition coefficient (Wildman–Crippen LogP) is 1.51. The van der Waals surface area contributed by atoms with Crippen molar-refractivity contribution in [3.63, 3.8) is 0 Å². The molecule has 1 amide bonds. The first kappa shape index (κ1) is 15.0. The monoisotopic (exact) mass is 295 g/mol. The zero-order valence-electron chi connectivity index (χ0n) is 11.4. The molecule has 1 saturated heterocycles. The molecule has 0 aliphatic carbocycles. The molecule has 0 atom stereocenters. The fraction of sp³-hybridized carbons (Fsp3) is 0.429. The molecule has 1 aromatic carbocycles. The van der Waals surface area contributed by atoms with Crippen molar-refractivity contribution in [3.05, 3.63) is 34.9 Å². The minimum atomic E-state index is -0.111. The van der Waals surface area contributed by atoms with Crippen molar-refractivity contribution in [2.24, 2.45) is 5.10 Å². The molecule has 2 rings (SSSR count). The third-order valence-electron chi connectivity index (χ3n) is 3.08. The molecule has 0 bridgehead atoms. The van der Waals surface area contributed by atoms with E-state index >= 15 is 0 Å². The van der Waals surface area contributed by atoms with E-state index in [1.54, 1.807) is 12.1 Å². The lowest BCUT2D eigenvalue weighted by Crippen LogP contribution is -2.42. The second-order valence-corrected chi connectivity index (χ2v) is 5.06. The SMILES string of the molecule is C/C(=N/NC(=O)CN1CCOCC1)c1ccc(Cl)cc1. The number of nitrogens with zero attached hydrogens (tertiary/aromatic N) is 2. The van der Waals surface area contributed by atoms with Gasteiger partial charge in [0.2, 0.25) is 0 Å². The Morgan fingerprint density at radius 2 is 2.00 bits per heavy atom. The number of amides is 1. The summed E-state index contributed by atoms with van der Waals surface area (Å²) in [4.78, 5) is 13.8. The minimum absolute atomic E-state index is 0.111. The minimum Gasteiger partial charge on any atom is -0.379 e. The van der Waals surface area contributed by atoms with Gasteiger partial charge in [0, 0.05) is 18.1 Å². The first-order valence-electron chi connectivity index (χ1n) is 6.54. The molecule has 1 aliphatic rings. The van der Waals surface area contributed by atoms with E-state index < -0.39 is 0 Å². The second-order valence-electron chi connectivity index (χ2n) is 4.63. The number of rotatable bonds is 4. The van der Waals surface area contributed by atoms with Gasteiger partial charge in [0.1, 0.15) is 0 Å². The van der Waals surface area contributed by atoms with E-state index in [0.29, 0.717) is 24.8 Å². The average Bonchev–Trinajstić information content (AvgIpc) is 2.46. The maximum atomic E-state index is 11.8. The highest BCUT2D eigenvalue weighted by Crippen LogP contribution is 2.10. The number of ether oxygens (including phenoxy) is 1.